The van der Waals surface area contributed by atoms with E-state index in [0.717, 1.165) is 48.7 Å². The van der Waals surface area contributed by atoms with Crippen LogP contribution in [0, 0.1) is 6.92 Å². The lowest BCUT2D eigenvalue weighted by atomic mass is 10.1. The average Bonchev–Trinajstić information content (AvgIpc) is 2.81. The van der Waals surface area contributed by atoms with Gasteiger partial charge in [-0.05, 0) is 50.4 Å². The lowest BCUT2D eigenvalue weighted by Crippen LogP contribution is -2.47. The van der Waals surface area contributed by atoms with Crippen LogP contribution in [0.1, 0.15) is 22.8 Å². The Balaban J connectivity index is 1.48. The Morgan fingerprint density at radius 2 is 1.55 bits per heavy atom. The van der Waals surface area contributed by atoms with Gasteiger partial charge in [0.25, 0.3) is 5.91 Å². The predicted octanol–water partition coefficient (Wildman–Crippen LogP) is 3.54. The van der Waals surface area contributed by atoms with Crippen LogP contribution in [0.15, 0.2) is 54.7 Å². The van der Waals surface area contributed by atoms with Gasteiger partial charge < -0.3 is 20.4 Å². The molecule has 0 unspecified atom stereocenters. The van der Waals surface area contributed by atoms with E-state index in [1.807, 2.05) is 60.4 Å². The number of likely N-dealkylation sites (N-methyl/N-ethyl adjacent to an activating group) is 1. The lowest BCUT2D eigenvalue weighted by molar-refractivity contribution is -0.114. The highest BCUT2D eigenvalue weighted by Crippen LogP contribution is 2.24. The predicted molar refractivity (Wildman–Crippen MR) is 130 cm³/mol. The van der Waals surface area contributed by atoms with E-state index >= 15 is 0 Å². The van der Waals surface area contributed by atoms with E-state index in [0.29, 0.717) is 17.2 Å². The van der Waals surface area contributed by atoms with E-state index < -0.39 is 0 Å². The molecule has 1 aliphatic rings. The van der Waals surface area contributed by atoms with E-state index in [2.05, 4.69) is 32.5 Å². The molecule has 0 bridgehead atoms. The first-order valence-corrected chi connectivity index (χ1v) is 11.0. The van der Waals surface area contributed by atoms with Gasteiger partial charge in [-0.2, -0.15) is 0 Å². The highest BCUT2D eigenvalue weighted by atomic mass is 16.2. The van der Waals surface area contributed by atoms with Crippen molar-refractivity contribution in [2.45, 2.75) is 13.8 Å². The largest absolute Gasteiger partial charge is 0.340 e. The van der Waals surface area contributed by atoms with Crippen LogP contribution in [0.2, 0.25) is 0 Å². The Morgan fingerprint density at radius 1 is 0.909 bits per heavy atom. The Labute approximate surface area is 193 Å². The molecule has 4 rings (SSSR count). The van der Waals surface area contributed by atoms with Crippen LogP contribution in [0.5, 0.6) is 0 Å². The first kappa shape index (κ1) is 22.4. The molecule has 0 spiro atoms. The van der Waals surface area contributed by atoms with Crippen molar-refractivity contribution in [1.29, 1.82) is 0 Å². The maximum absolute atomic E-state index is 12.8. The highest BCUT2D eigenvalue weighted by molar-refractivity contribution is 5.94. The fourth-order valence-corrected chi connectivity index (χ4v) is 3.64. The second-order valence-electron chi connectivity index (χ2n) is 8.28. The number of nitrogens with one attached hydrogen (secondary N) is 2. The van der Waals surface area contributed by atoms with Gasteiger partial charge in [-0.3, -0.25) is 9.59 Å². The number of hydrogen-bond acceptors (Lipinski definition) is 6. The summed E-state index contributed by atoms with van der Waals surface area (Å²) in [4.78, 5) is 37.3. The SMILES string of the molecule is CC(=O)Nc1ccc(Nc2nc(-c3ccc(C(=O)N4CCN(C)CC4)cc3)ncc2C)cc1. The fourth-order valence-electron chi connectivity index (χ4n) is 3.64. The van der Waals surface area contributed by atoms with Crippen molar-refractivity contribution in [3.05, 3.63) is 65.9 Å². The summed E-state index contributed by atoms with van der Waals surface area (Å²) in [5, 5.41) is 6.06. The number of aromatic nitrogens is 2. The van der Waals surface area contributed by atoms with Crippen LogP contribution < -0.4 is 10.6 Å². The summed E-state index contributed by atoms with van der Waals surface area (Å²) in [6, 6.07) is 14.9. The van der Waals surface area contributed by atoms with Gasteiger partial charge in [-0.15, -0.1) is 0 Å². The van der Waals surface area contributed by atoms with Gasteiger partial charge in [0.05, 0.1) is 0 Å². The summed E-state index contributed by atoms with van der Waals surface area (Å²) in [5.74, 6) is 1.23. The summed E-state index contributed by atoms with van der Waals surface area (Å²) in [5.41, 5.74) is 4.01. The van der Waals surface area contributed by atoms with E-state index in [1.54, 1.807) is 6.20 Å². The maximum Gasteiger partial charge on any atom is 0.253 e. The number of rotatable bonds is 5. The number of piperazine rings is 1. The summed E-state index contributed by atoms with van der Waals surface area (Å²) >= 11 is 0. The second-order valence-corrected chi connectivity index (χ2v) is 8.28. The van der Waals surface area contributed by atoms with E-state index in [4.69, 9.17) is 0 Å². The molecule has 2 aromatic carbocycles. The molecule has 33 heavy (non-hydrogen) atoms. The maximum atomic E-state index is 12.8. The molecule has 0 atom stereocenters. The van der Waals surface area contributed by atoms with E-state index in [-0.39, 0.29) is 11.8 Å². The Morgan fingerprint density at radius 3 is 2.18 bits per heavy atom. The average molecular weight is 445 g/mol. The number of benzene rings is 2. The molecule has 2 amide bonds. The molecule has 2 heterocycles. The molecule has 2 N–H and O–H groups in total. The first-order valence-electron chi connectivity index (χ1n) is 11.0. The quantitative estimate of drug-likeness (QED) is 0.626. The highest BCUT2D eigenvalue weighted by Gasteiger charge is 2.20. The molecule has 8 heteroatoms. The molecule has 0 saturated carbocycles. The minimum absolute atomic E-state index is 0.0598. The molecule has 170 valence electrons. The third-order valence-electron chi connectivity index (χ3n) is 5.62. The van der Waals surface area contributed by atoms with E-state index in [1.165, 1.54) is 6.92 Å². The number of carbonyl (C=O) groups is 2. The van der Waals surface area contributed by atoms with Gasteiger partial charge in [0.1, 0.15) is 5.82 Å². The summed E-state index contributed by atoms with van der Waals surface area (Å²) < 4.78 is 0. The topological polar surface area (TPSA) is 90.5 Å². The molecule has 1 saturated heterocycles. The van der Waals surface area contributed by atoms with Crippen molar-refractivity contribution in [2.24, 2.45) is 0 Å². The second kappa shape index (κ2) is 9.79. The fraction of sp³-hybridized carbons (Fsp3) is 0.280. The van der Waals surface area contributed by atoms with Gasteiger partial charge >= 0.3 is 0 Å². The zero-order valence-corrected chi connectivity index (χ0v) is 19.1. The van der Waals surface area contributed by atoms with Crippen LogP contribution >= 0.6 is 0 Å². The van der Waals surface area contributed by atoms with Crippen LogP contribution in [0.4, 0.5) is 17.2 Å². The minimum atomic E-state index is -0.108. The van der Waals surface area contributed by atoms with Crippen molar-refractivity contribution in [2.75, 3.05) is 43.9 Å². The molecule has 1 aliphatic heterocycles. The van der Waals surface area contributed by atoms with Crippen molar-refractivity contribution >= 4 is 29.0 Å². The van der Waals surface area contributed by atoms with Gasteiger partial charge in [-0.25, -0.2) is 9.97 Å². The minimum Gasteiger partial charge on any atom is -0.340 e. The summed E-state index contributed by atoms with van der Waals surface area (Å²) in [7, 11) is 2.07. The summed E-state index contributed by atoms with van der Waals surface area (Å²) in [6.45, 7) is 6.71. The molecular weight excluding hydrogens is 416 g/mol. The van der Waals surface area contributed by atoms with Crippen molar-refractivity contribution in [3.8, 4) is 11.4 Å². The third kappa shape index (κ3) is 5.53. The molecule has 1 aromatic heterocycles. The van der Waals surface area contributed by atoms with Gasteiger partial charge in [0.15, 0.2) is 5.82 Å². The Hall–Kier alpha value is -3.78. The standard InChI is InChI=1S/C25H28N6O2/c1-17-16-26-24(29-23(17)28-22-10-8-21(9-11-22)27-18(2)32)19-4-6-20(7-5-19)25(33)31-14-12-30(3)13-15-31/h4-11,16H,12-15H2,1-3H3,(H,27,32)(H,26,28,29). The zero-order chi connectivity index (χ0) is 23.4. The number of nitrogens with zero attached hydrogens (tertiary/aromatic N) is 4. The van der Waals surface area contributed by atoms with Crippen LogP contribution in [-0.2, 0) is 4.79 Å². The van der Waals surface area contributed by atoms with Crippen LogP contribution in [0.25, 0.3) is 11.4 Å². The zero-order valence-electron chi connectivity index (χ0n) is 19.1. The molecule has 0 aliphatic carbocycles. The number of hydrogen-bond donors (Lipinski definition) is 2. The van der Waals surface area contributed by atoms with Crippen molar-refractivity contribution < 1.29 is 9.59 Å². The number of carbonyl (C=O) groups excluding carboxylic acids is 2. The molecule has 0 radical (unpaired) electrons. The third-order valence-corrected chi connectivity index (χ3v) is 5.62. The van der Waals surface area contributed by atoms with Crippen molar-refractivity contribution in [1.82, 2.24) is 19.8 Å². The lowest BCUT2D eigenvalue weighted by Gasteiger charge is -2.32. The molecular formula is C25H28N6O2. The normalized spacial score (nSPS) is 14.1. The Kier molecular flexibility index (Phi) is 6.65. The summed E-state index contributed by atoms with van der Waals surface area (Å²) in [6.07, 6.45) is 1.78. The van der Waals surface area contributed by atoms with Crippen LogP contribution in [-0.4, -0.2) is 64.8 Å². The monoisotopic (exact) mass is 444 g/mol. The van der Waals surface area contributed by atoms with Crippen molar-refractivity contribution in [3.63, 3.8) is 0 Å². The van der Waals surface area contributed by atoms with Gasteiger partial charge in [0, 0.05) is 67.4 Å². The van der Waals surface area contributed by atoms with Crippen LogP contribution in [0.3, 0.4) is 0 Å². The number of anilines is 3. The Bertz CT molecular complexity index is 1140. The number of aryl methyl sites for hydroxylation is 1. The first-order chi connectivity index (χ1) is 15.9. The van der Waals surface area contributed by atoms with Gasteiger partial charge in [0.2, 0.25) is 5.91 Å². The molecule has 3 aromatic rings. The molecule has 8 nitrogen and oxygen atoms in total. The van der Waals surface area contributed by atoms with Gasteiger partial charge in [-0.1, -0.05) is 12.1 Å². The molecule has 1 fully saturated rings. The smallest absolute Gasteiger partial charge is 0.253 e. The van der Waals surface area contributed by atoms with E-state index in [9.17, 15) is 9.59 Å². The number of amides is 2.